The summed E-state index contributed by atoms with van der Waals surface area (Å²) in [4.78, 5) is 15.1. The summed E-state index contributed by atoms with van der Waals surface area (Å²) in [5.41, 5.74) is 1.18. The molecule has 25 heavy (non-hydrogen) atoms. The molecule has 6 heteroatoms. The lowest BCUT2D eigenvalue weighted by Gasteiger charge is -2.39. The second-order valence-corrected chi connectivity index (χ2v) is 7.63. The van der Waals surface area contributed by atoms with Crippen LogP contribution in [0.2, 0.25) is 0 Å². The van der Waals surface area contributed by atoms with Crippen molar-refractivity contribution in [3.8, 4) is 0 Å². The van der Waals surface area contributed by atoms with Crippen molar-refractivity contribution in [3.63, 3.8) is 0 Å². The number of amides is 1. The van der Waals surface area contributed by atoms with Crippen molar-refractivity contribution >= 4 is 5.91 Å². The van der Waals surface area contributed by atoms with E-state index in [1.807, 2.05) is 15.6 Å². The minimum atomic E-state index is 0.0187. The van der Waals surface area contributed by atoms with Crippen LogP contribution in [0.15, 0.2) is 12.3 Å². The molecule has 2 saturated heterocycles. The lowest BCUT2D eigenvalue weighted by Crippen LogP contribution is -2.48. The lowest BCUT2D eigenvalue weighted by atomic mass is 9.85. The summed E-state index contributed by atoms with van der Waals surface area (Å²) in [6, 6.07) is 2.04. The molecule has 1 aromatic rings. The molecule has 0 aliphatic carbocycles. The third-order valence-electron chi connectivity index (χ3n) is 5.63. The fourth-order valence-electron chi connectivity index (χ4n) is 4.33. The zero-order valence-corrected chi connectivity index (χ0v) is 15.4. The van der Waals surface area contributed by atoms with E-state index >= 15 is 0 Å². The number of carbonyl (C=O) groups is 1. The van der Waals surface area contributed by atoms with Gasteiger partial charge in [0, 0.05) is 37.5 Å². The van der Waals surface area contributed by atoms with Gasteiger partial charge in [0.05, 0.1) is 25.2 Å². The molecular weight excluding hydrogens is 318 g/mol. The highest BCUT2D eigenvalue weighted by Crippen LogP contribution is 2.32. The standard InChI is InChI=1S/C19H31N3O3/c1-14(2)18-16(4-3-13-25-18)19(24)21-9-6-15(7-10-21)17-5-8-20-22(17)11-12-23/h5,8,14-16,18,23H,3-4,6-7,9-13H2,1-2H3/t16-,18+/m1/s1. The fourth-order valence-corrected chi connectivity index (χ4v) is 4.33. The molecule has 3 rings (SSSR count). The van der Waals surface area contributed by atoms with Gasteiger partial charge in [0.1, 0.15) is 0 Å². The summed E-state index contributed by atoms with van der Waals surface area (Å²) in [6.07, 6.45) is 5.71. The normalized spacial score (nSPS) is 25.5. The van der Waals surface area contributed by atoms with E-state index in [0.29, 0.717) is 18.4 Å². The van der Waals surface area contributed by atoms with Crippen LogP contribution in [-0.4, -0.2) is 58.1 Å². The highest BCUT2D eigenvalue weighted by molar-refractivity contribution is 5.79. The van der Waals surface area contributed by atoms with Crippen LogP contribution >= 0.6 is 0 Å². The number of hydrogen-bond acceptors (Lipinski definition) is 4. The van der Waals surface area contributed by atoms with E-state index in [4.69, 9.17) is 9.84 Å². The molecule has 0 radical (unpaired) electrons. The zero-order chi connectivity index (χ0) is 17.8. The van der Waals surface area contributed by atoms with Gasteiger partial charge in [-0.25, -0.2) is 0 Å². The largest absolute Gasteiger partial charge is 0.394 e. The summed E-state index contributed by atoms with van der Waals surface area (Å²) in [7, 11) is 0. The van der Waals surface area contributed by atoms with Crippen molar-refractivity contribution in [2.45, 2.75) is 58.1 Å². The van der Waals surface area contributed by atoms with Gasteiger partial charge in [0.25, 0.3) is 0 Å². The quantitative estimate of drug-likeness (QED) is 0.883. The predicted octanol–water partition coefficient (Wildman–Crippen LogP) is 2.03. The molecule has 140 valence electrons. The SMILES string of the molecule is CC(C)[C@@H]1OCCC[C@H]1C(=O)N1CCC(c2ccnn2CCO)CC1. The number of carbonyl (C=O) groups excluding carboxylic acids is 1. The first-order valence-corrected chi connectivity index (χ1v) is 9.64. The van der Waals surface area contributed by atoms with Crippen LogP contribution in [0, 0.1) is 11.8 Å². The molecule has 0 aromatic carbocycles. The van der Waals surface area contributed by atoms with Gasteiger partial charge in [-0.3, -0.25) is 9.48 Å². The van der Waals surface area contributed by atoms with E-state index < -0.39 is 0 Å². The average Bonchev–Trinajstić information content (AvgIpc) is 3.10. The Bertz CT molecular complexity index is 564. The molecule has 2 aliphatic heterocycles. The van der Waals surface area contributed by atoms with Gasteiger partial charge in [-0.1, -0.05) is 13.8 Å². The molecule has 2 aliphatic rings. The summed E-state index contributed by atoms with van der Waals surface area (Å²) in [6.45, 7) is 7.31. The number of aliphatic hydroxyl groups excluding tert-OH is 1. The van der Waals surface area contributed by atoms with Crippen molar-refractivity contribution in [2.75, 3.05) is 26.3 Å². The first kappa shape index (κ1) is 18.4. The van der Waals surface area contributed by atoms with Crippen LogP contribution in [0.1, 0.15) is 51.1 Å². The highest BCUT2D eigenvalue weighted by atomic mass is 16.5. The van der Waals surface area contributed by atoms with Gasteiger partial charge in [-0.05, 0) is 37.7 Å². The Morgan fingerprint density at radius 2 is 2.12 bits per heavy atom. The second kappa shape index (κ2) is 8.32. The van der Waals surface area contributed by atoms with Gasteiger partial charge < -0.3 is 14.7 Å². The third kappa shape index (κ3) is 4.06. The van der Waals surface area contributed by atoms with Crippen molar-refractivity contribution in [1.82, 2.24) is 14.7 Å². The number of piperidine rings is 1. The van der Waals surface area contributed by atoms with E-state index in [0.717, 1.165) is 45.4 Å². The van der Waals surface area contributed by atoms with E-state index in [2.05, 4.69) is 18.9 Å². The van der Waals surface area contributed by atoms with Crippen LogP contribution in [0.25, 0.3) is 0 Å². The number of aliphatic hydroxyl groups is 1. The van der Waals surface area contributed by atoms with E-state index in [1.165, 1.54) is 5.69 Å². The molecule has 0 bridgehead atoms. The van der Waals surface area contributed by atoms with E-state index in [-0.39, 0.29) is 24.5 Å². The molecule has 1 aromatic heterocycles. The van der Waals surface area contributed by atoms with Crippen LogP contribution in [0.3, 0.4) is 0 Å². The monoisotopic (exact) mass is 349 g/mol. The predicted molar refractivity (Wildman–Crippen MR) is 95.2 cm³/mol. The molecule has 0 spiro atoms. The molecule has 2 fully saturated rings. The Morgan fingerprint density at radius 3 is 2.80 bits per heavy atom. The maximum Gasteiger partial charge on any atom is 0.228 e. The molecule has 0 unspecified atom stereocenters. The van der Waals surface area contributed by atoms with Crippen LogP contribution in [-0.2, 0) is 16.1 Å². The van der Waals surface area contributed by atoms with Crippen molar-refractivity contribution in [3.05, 3.63) is 18.0 Å². The second-order valence-electron chi connectivity index (χ2n) is 7.63. The molecule has 1 amide bonds. The van der Waals surface area contributed by atoms with E-state index in [9.17, 15) is 4.79 Å². The summed E-state index contributed by atoms with van der Waals surface area (Å²) < 4.78 is 7.80. The first-order valence-electron chi connectivity index (χ1n) is 9.64. The Balaban J connectivity index is 1.59. The molecule has 1 N–H and O–H groups in total. The van der Waals surface area contributed by atoms with Crippen LogP contribution in [0.4, 0.5) is 0 Å². The van der Waals surface area contributed by atoms with Crippen molar-refractivity contribution in [2.24, 2.45) is 11.8 Å². The number of rotatable bonds is 5. The van der Waals surface area contributed by atoms with Crippen molar-refractivity contribution in [1.29, 1.82) is 0 Å². The van der Waals surface area contributed by atoms with Crippen LogP contribution < -0.4 is 0 Å². The minimum Gasteiger partial charge on any atom is -0.394 e. The van der Waals surface area contributed by atoms with Crippen LogP contribution in [0.5, 0.6) is 0 Å². The molecule has 6 nitrogen and oxygen atoms in total. The summed E-state index contributed by atoms with van der Waals surface area (Å²) in [5, 5.41) is 13.5. The Kier molecular flexibility index (Phi) is 6.12. The highest BCUT2D eigenvalue weighted by Gasteiger charge is 2.37. The number of likely N-dealkylation sites (tertiary alicyclic amines) is 1. The summed E-state index contributed by atoms with van der Waals surface area (Å²) >= 11 is 0. The van der Waals surface area contributed by atoms with Crippen molar-refractivity contribution < 1.29 is 14.6 Å². The zero-order valence-electron chi connectivity index (χ0n) is 15.4. The number of hydrogen-bond donors (Lipinski definition) is 1. The van der Waals surface area contributed by atoms with E-state index in [1.54, 1.807) is 6.20 Å². The minimum absolute atomic E-state index is 0.0187. The van der Waals surface area contributed by atoms with Gasteiger partial charge >= 0.3 is 0 Å². The Hall–Kier alpha value is -1.40. The number of nitrogens with zero attached hydrogens (tertiary/aromatic N) is 3. The number of aromatic nitrogens is 2. The molecular formula is C19H31N3O3. The lowest BCUT2D eigenvalue weighted by molar-refractivity contribution is -0.148. The Morgan fingerprint density at radius 1 is 1.36 bits per heavy atom. The molecule has 3 heterocycles. The number of ether oxygens (including phenoxy) is 1. The van der Waals surface area contributed by atoms with Gasteiger partial charge in [0.15, 0.2) is 0 Å². The average molecular weight is 349 g/mol. The molecule has 2 atom stereocenters. The first-order chi connectivity index (χ1) is 12.1. The fraction of sp³-hybridized carbons (Fsp3) is 0.789. The maximum absolute atomic E-state index is 13.0. The topological polar surface area (TPSA) is 67.6 Å². The van der Waals surface area contributed by atoms with Gasteiger partial charge in [-0.2, -0.15) is 5.10 Å². The van der Waals surface area contributed by atoms with Gasteiger partial charge in [0.2, 0.25) is 5.91 Å². The maximum atomic E-state index is 13.0. The smallest absolute Gasteiger partial charge is 0.228 e. The Labute approximate surface area is 150 Å². The molecule has 0 saturated carbocycles. The van der Waals surface area contributed by atoms with Gasteiger partial charge in [-0.15, -0.1) is 0 Å². The third-order valence-corrected chi connectivity index (χ3v) is 5.63. The summed E-state index contributed by atoms with van der Waals surface area (Å²) in [5.74, 6) is 1.09.